The highest BCUT2D eigenvalue weighted by molar-refractivity contribution is 4.56. The van der Waals surface area contributed by atoms with Crippen LogP contribution in [-0.2, 0) is 0 Å². The standard InChI is InChI=1S/C12H28N.BrH/c1-6-9-10-12(7-2)11-13(4,5)8-3;/h12H,6-11H2,1-5H3;1H/q+1;/p-1. The second-order valence-electron chi connectivity index (χ2n) is 4.85. The summed E-state index contributed by atoms with van der Waals surface area (Å²) in [5.74, 6) is 0.940. The number of nitrogens with zero attached hydrogens (tertiary/aromatic N) is 1. The molecule has 0 N–H and O–H groups in total. The first-order valence-electron chi connectivity index (χ1n) is 5.87. The van der Waals surface area contributed by atoms with Crippen LogP contribution in [0, 0.1) is 5.92 Å². The molecular formula is C12H28BrN. The molecule has 0 fully saturated rings. The molecule has 2 heteroatoms. The zero-order valence-electron chi connectivity index (χ0n) is 10.6. The van der Waals surface area contributed by atoms with Crippen molar-refractivity contribution in [3.8, 4) is 0 Å². The van der Waals surface area contributed by atoms with Crippen LogP contribution in [0.3, 0.4) is 0 Å². The Kier molecular flexibility index (Phi) is 10.5. The van der Waals surface area contributed by atoms with Crippen LogP contribution in [0.15, 0.2) is 0 Å². The third-order valence-electron chi connectivity index (χ3n) is 3.15. The lowest BCUT2D eigenvalue weighted by Crippen LogP contribution is -3.00. The number of rotatable bonds is 7. The van der Waals surface area contributed by atoms with E-state index in [0.29, 0.717) is 0 Å². The van der Waals surface area contributed by atoms with E-state index in [1.807, 2.05) is 0 Å². The summed E-state index contributed by atoms with van der Waals surface area (Å²) >= 11 is 0. The second kappa shape index (κ2) is 8.72. The highest BCUT2D eigenvalue weighted by Crippen LogP contribution is 2.16. The molecule has 0 aromatic rings. The van der Waals surface area contributed by atoms with Gasteiger partial charge in [0.15, 0.2) is 0 Å². The van der Waals surface area contributed by atoms with E-state index in [2.05, 4.69) is 34.9 Å². The van der Waals surface area contributed by atoms with Gasteiger partial charge in [-0.1, -0.05) is 26.7 Å². The van der Waals surface area contributed by atoms with Gasteiger partial charge in [-0.15, -0.1) is 0 Å². The highest BCUT2D eigenvalue weighted by atomic mass is 79.9. The fourth-order valence-corrected chi connectivity index (χ4v) is 1.75. The molecule has 0 aromatic carbocycles. The van der Waals surface area contributed by atoms with Crippen molar-refractivity contribution in [1.29, 1.82) is 0 Å². The van der Waals surface area contributed by atoms with Crippen LogP contribution >= 0.6 is 0 Å². The SMILES string of the molecule is CCCCC(CC)C[N+](C)(C)CC.[Br-]. The molecule has 0 bridgehead atoms. The summed E-state index contributed by atoms with van der Waals surface area (Å²) in [4.78, 5) is 0. The molecule has 0 aliphatic heterocycles. The minimum atomic E-state index is 0. The molecular weight excluding hydrogens is 238 g/mol. The Hall–Kier alpha value is 0.440. The first-order chi connectivity index (χ1) is 6.05. The lowest BCUT2D eigenvalue weighted by Gasteiger charge is -2.32. The van der Waals surface area contributed by atoms with Crippen LogP contribution in [0.25, 0.3) is 0 Å². The molecule has 14 heavy (non-hydrogen) atoms. The molecule has 0 saturated carbocycles. The molecule has 0 rings (SSSR count). The summed E-state index contributed by atoms with van der Waals surface area (Å²) in [5, 5.41) is 0. The Morgan fingerprint density at radius 1 is 1.07 bits per heavy atom. The Morgan fingerprint density at radius 3 is 2.00 bits per heavy atom. The van der Waals surface area contributed by atoms with E-state index in [9.17, 15) is 0 Å². The minimum Gasteiger partial charge on any atom is -1.00 e. The summed E-state index contributed by atoms with van der Waals surface area (Å²) in [6.45, 7) is 9.50. The van der Waals surface area contributed by atoms with Crippen molar-refractivity contribution in [2.75, 3.05) is 27.2 Å². The normalized spacial score (nSPS) is 13.5. The summed E-state index contributed by atoms with van der Waals surface area (Å²) in [5.41, 5.74) is 0. The molecule has 0 aromatic heterocycles. The molecule has 0 aliphatic rings. The van der Waals surface area contributed by atoms with E-state index in [1.54, 1.807) is 0 Å². The van der Waals surface area contributed by atoms with Gasteiger partial charge < -0.3 is 21.5 Å². The van der Waals surface area contributed by atoms with Crippen molar-refractivity contribution in [2.24, 2.45) is 5.92 Å². The van der Waals surface area contributed by atoms with E-state index in [-0.39, 0.29) is 17.0 Å². The zero-order valence-corrected chi connectivity index (χ0v) is 12.2. The maximum atomic E-state index is 2.34. The number of hydrogen-bond acceptors (Lipinski definition) is 0. The molecule has 88 valence electrons. The van der Waals surface area contributed by atoms with Gasteiger partial charge in [0.1, 0.15) is 0 Å². The highest BCUT2D eigenvalue weighted by Gasteiger charge is 2.18. The van der Waals surface area contributed by atoms with Gasteiger partial charge in [0, 0.05) is 5.92 Å². The van der Waals surface area contributed by atoms with Gasteiger partial charge in [-0.25, -0.2) is 0 Å². The van der Waals surface area contributed by atoms with E-state index in [0.717, 1.165) is 5.92 Å². The number of halogens is 1. The van der Waals surface area contributed by atoms with E-state index >= 15 is 0 Å². The average Bonchev–Trinajstić information content (AvgIpc) is 2.12. The third kappa shape index (κ3) is 7.81. The van der Waals surface area contributed by atoms with Gasteiger partial charge in [0.2, 0.25) is 0 Å². The van der Waals surface area contributed by atoms with Gasteiger partial charge in [-0.2, -0.15) is 0 Å². The predicted octanol–water partition coefficient (Wildman–Crippen LogP) is 0.303. The Balaban J connectivity index is 0. The molecule has 1 nitrogen and oxygen atoms in total. The van der Waals surface area contributed by atoms with Crippen molar-refractivity contribution < 1.29 is 21.5 Å². The van der Waals surface area contributed by atoms with Gasteiger partial charge in [0.25, 0.3) is 0 Å². The molecule has 0 radical (unpaired) electrons. The van der Waals surface area contributed by atoms with Crippen molar-refractivity contribution in [3.63, 3.8) is 0 Å². The molecule has 0 heterocycles. The van der Waals surface area contributed by atoms with Crippen molar-refractivity contribution in [2.45, 2.75) is 46.5 Å². The Morgan fingerprint density at radius 2 is 1.64 bits per heavy atom. The van der Waals surface area contributed by atoms with Crippen molar-refractivity contribution >= 4 is 0 Å². The molecule has 0 spiro atoms. The van der Waals surface area contributed by atoms with Crippen LogP contribution in [-0.4, -0.2) is 31.7 Å². The van der Waals surface area contributed by atoms with Crippen LogP contribution in [0.2, 0.25) is 0 Å². The van der Waals surface area contributed by atoms with Gasteiger partial charge in [0.05, 0.1) is 27.2 Å². The van der Waals surface area contributed by atoms with Crippen molar-refractivity contribution in [3.05, 3.63) is 0 Å². The quantitative estimate of drug-likeness (QED) is 0.582. The summed E-state index contributed by atoms with van der Waals surface area (Å²) in [6, 6.07) is 0. The molecule has 1 unspecified atom stereocenters. The smallest absolute Gasteiger partial charge is 0.0810 e. The number of quaternary nitrogens is 1. The zero-order chi connectivity index (χ0) is 10.3. The fourth-order valence-electron chi connectivity index (χ4n) is 1.75. The number of unbranched alkanes of at least 4 members (excludes halogenated alkanes) is 1. The van der Waals surface area contributed by atoms with Crippen LogP contribution in [0.4, 0.5) is 0 Å². The van der Waals surface area contributed by atoms with Crippen molar-refractivity contribution in [1.82, 2.24) is 0 Å². The molecule has 0 amide bonds. The van der Waals surface area contributed by atoms with Gasteiger partial charge in [-0.05, 0) is 19.8 Å². The maximum Gasteiger partial charge on any atom is 0.0810 e. The van der Waals surface area contributed by atoms with E-state index in [4.69, 9.17) is 0 Å². The third-order valence-corrected chi connectivity index (χ3v) is 3.15. The van der Waals surface area contributed by atoms with Crippen LogP contribution in [0.5, 0.6) is 0 Å². The topological polar surface area (TPSA) is 0 Å². The molecule has 0 saturated heterocycles. The summed E-state index contributed by atoms with van der Waals surface area (Å²) < 4.78 is 1.18. The largest absolute Gasteiger partial charge is 1.00 e. The van der Waals surface area contributed by atoms with E-state index in [1.165, 1.54) is 43.3 Å². The minimum absolute atomic E-state index is 0. The van der Waals surface area contributed by atoms with E-state index < -0.39 is 0 Å². The van der Waals surface area contributed by atoms with Gasteiger partial charge in [-0.3, -0.25) is 0 Å². The lowest BCUT2D eigenvalue weighted by molar-refractivity contribution is -0.892. The molecule has 0 aliphatic carbocycles. The Labute approximate surface area is 101 Å². The lowest BCUT2D eigenvalue weighted by atomic mass is 9.98. The van der Waals surface area contributed by atoms with Gasteiger partial charge >= 0.3 is 0 Å². The predicted molar refractivity (Wildman–Crippen MR) is 60.8 cm³/mol. The first kappa shape index (κ1) is 16.9. The number of hydrogen-bond donors (Lipinski definition) is 0. The monoisotopic (exact) mass is 265 g/mol. The Bertz CT molecular complexity index is 123. The summed E-state index contributed by atoms with van der Waals surface area (Å²) in [7, 11) is 4.68. The average molecular weight is 266 g/mol. The van der Waals surface area contributed by atoms with Crippen LogP contribution < -0.4 is 17.0 Å². The first-order valence-corrected chi connectivity index (χ1v) is 5.87. The second-order valence-corrected chi connectivity index (χ2v) is 4.85. The van der Waals surface area contributed by atoms with Crippen LogP contribution in [0.1, 0.15) is 46.5 Å². The maximum absolute atomic E-state index is 2.34. The summed E-state index contributed by atoms with van der Waals surface area (Å²) in [6.07, 6.45) is 5.52. The fraction of sp³-hybridized carbons (Fsp3) is 1.00. The molecule has 1 atom stereocenters.